The van der Waals surface area contributed by atoms with Crippen molar-refractivity contribution in [3.05, 3.63) is 99.4 Å². The number of rotatable bonds is 5. The molecule has 0 fully saturated rings. The van der Waals surface area contributed by atoms with Gasteiger partial charge in [0.2, 0.25) is 5.82 Å². The largest absolute Gasteiger partial charge is 0.467 e. The second kappa shape index (κ2) is 9.42. The van der Waals surface area contributed by atoms with Gasteiger partial charge >= 0.3 is 5.97 Å². The minimum Gasteiger partial charge on any atom is -0.467 e. The first kappa shape index (κ1) is 23.9. The number of carbonyl (C=O) groups excluding carboxylic acids is 1. The molecule has 0 saturated carbocycles. The standard InChI is InChI=1S/C29H21BrN4O4/c1-17(29(36)37-2)33-16-19(21-7-4-6-10-24(21)33)15-31-34-27(32-23-9-5-3-8-22(23)28(34)35)26-14-18-13-20(30)11-12-25(18)38-26/h3-17H,1-2H3/t17-/m1/s1. The second-order valence-corrected chi connectivity index (χ2v) is 9.73. The van der Waals surface area contributed by atoms with E-state index in [0.717, 1.165) is 26.3 Å². The fraction of sp³-hybridized carbons (Fsp3) is 0.103. The molecule has 0 aliphatic rings. The van der Waals surface area contributed by atoms with Crippen LogP contribution in [-0.4, -0.2) is 33.5 Å². The van der Waals surface area contributed by atoms with E-state index in [2.05, 4.69) is 21.0 Å². The van der Waals surface area contributed by atoms with Crippen LogP contribution < -0.4 is 5.56 Å². The molecule has 9 heteroatoms. The summed E-state index contributed by atoms with van der Waals surface area (Å²) in [6, 6.07) is 21.8. The Morgan fingerprint density at radius 1 is 1.08 bits per heavy atom. The first-order valence-corrected chi connectivity index (χ1v) is 12.7. The highest BCUT2D eigenvalue weighted by Gasteiger charge is 2.20. The minimum atomic E-state index is -0.539. The number of halogens is 1. The summed E-state index contributed by atoms with van der Waals surface area (Å²) in [5.41, 5.74) is 2.47. The topological polar surface area (TPSA) is 91.6 Å². The zero-order valence-electron chi connectivity index (χ0n) is 20.5. The summed E-state index contributed by atoms with van der Waals surface area (Å²) in [7, 11) is 1.37. The van der Waals surface area contributed by atoms with Gasteiger partial charge in [0.05, 0.1) is 24.2 Å². The average Bonchev–Trinajstić information content (AvgIpc) is 3.53. The Morgan fingerprint density at radius 2 is 1.84 bits per heavy atom. The van der Waals surface area contributed by atoms with E-state index in [-0.39, 0.29) is 17.4 Å². The number of nitrogens with zero attached hydrogens (tertiary/aromatic N) is 4. The molecular formula is C29H21BrN4O4. The predicted octanol–water partition coefficient (Wildman–Crippen LogP) is 6.14. The molecule has 0 N–H and O–H groups in total. The molecule has 0 radical (unpaired) electrons. The lowest BCUT2D eigenvalue weighted by molar-refractivity contribution is -0.143. The number of fused-ring (bicyclic) bond motifs is 3. The summed E-state index contributed by atoms with van der Waals surface area (Å²) in [5.74, 6) is 0.340. The lowest BCUT2D eigenvalue weighted by Crippen LogP contribution is -2.20. The molecule has 0 spiro atoms. The molecule has 0 bridgehead atoms. The molecule has 0 aliphatic heterocycles. The van der Waals surface area contributed by atoms with Crippen LogP contribution in [0.15, 0.2) is 97.8 Å². The van der Waals surface area contributed by atoms with Crippen LogP contribution in [0, 0.1) is 0 Å². The Kier molecular flexibility index (Phi) is 5.92. The van der Waals surface area contributed by atoms with E-state index < -0.39 is 6.04 Å². The maximum absolute atomic E-state index is 13.6. The van der Waals surface area contributed by atoms with Gasteiger partial charge in [-0.2, -0.15) is 9.78 Å². The quantitative estimate of drug-likeness (QED) is 0.184. The highest BCUT2D eigenvalue weighted by Crippen LogP contribution is 2.29. The summed E-state index contributed by atoms with van der Waals surface area (Å²) in [5, 5.41) is 6.78. The number of furan rings is 1. The van der Waals surface area contributed by atoms with Gasteiger partial charge in [0, 0.05) is 32.5 Å². The lowest BCUT2D eigenvalue weighted by Gasteiger charge is -2.12. The minimum absolute atomic E-state index is 0.281. The van der Waals surface area contributed by atoms with Gasteiger partial charge < -0.3 is 13.7 Å². The molecule has 0 saturated heterocycles. The van der Waals surface area contributed by atoms with Gasteiger partial charge in [-0.25, -0.2) is 9.78 Å². The van der Waals surface area contributed by atoms with Gasteiger partial charge in [0.1, 0.15) is 11.6 Å². The molecule has 3 heterocycles. The first-order chi connectivity index (χ1) is 18.4. The monoisotopic (exact) mass is 568 g/mol. The van der Waals surface area contributed by atoms with Crippen molar-refractivity contribution in [3.63, 3.8) is 0 Å². The molecule has 6 rings (SSSR count). The average molecular weight is 569 g/mol. The van der Waals surface area contributed by atoms with Gasteiger partial charge in [-0.3, -0.25) is 4.79 Å². The van der Waals surface area contributed by atoms with Crippen LogP contribution in [0.5, 0.6) is 0 Å². The molecule has 1 atom stereocenters. The van der Waals surface area contributed by atoms with Gasteiger partial charge in [0.25, 0.3) is 5.56 Å². The van der Waals surface area contributed by atoms with E-state index in [1.165, 1.54) is 11.8 Å². The third-order valence-electron chi connectivity index (χ3n) is 6.50. The van der Waals surface area contributed by atoms with E-state index in [1.807, 2.05) is 65.4 Å². The maximum atomic E-state index is 13.6. The number of benzene rings is 3. The van der Waals surface area contributed by atoms with E-state index >= 15 is 0 Å². The third kappa shape index (κ3) is 4.01. The second-order valence-electron chi connectivity index (χ2n) is 8.81. The van der Waals surface area contributed by atoms with Crippen molar-refractivity contribution in [3.8, 4) is 11.6 Å². The molecule has 0 amide bonds. The van der Waals surface area contributed by atoms with E-state index in [9.17, 15) is 9.59 Å². The van der Waals surface area contributed by atoms with Crippen molar-refractivity contribution in [1.29, 1.82) is 0 Å². The normalized spacial score (nSPS) is 12.6. The van der Waals surface area contributed by atoms with Crippen molar-refractivity contribution < 1.29 is 13.9 Å². The van der Waals surface area contributed by atoms with E-state index in [4.69, 9.17) is 14.1 Å². The number of para-hydroxylation sites is 2. The van der Waals surface area contributed by atoms with Gasteiger partial charge in [-0.1, -0.05) is 46.3 Å². The number of hydrogen-bond acceptors (Lipinski definition) is 6. The lowest BCUT2D eigenvalue weighted by atomic mass is 10.2. The van der Waals surface area contributed by atoms with Crippen molar-refractivity contribution in [1.82, 2.24) is 14.2 Å². The number of hydrogen-bond donors (Lipinski definition) is 0. The molecule has 3 aromatic heterocycles. The molecule has 38 heavy (non-hydrogen) atoms. The Hall–Kier alpha value is -4.50. The van der Waals surface area contributed by atoms with Crippen molar-refractivity contribution >= 4 is 60.9 Å². The van der Waals surface area contributed by atoms with Crippen LogP contribution >= 0.6 is 15.9 Å². The van der Waals surface area contributed by atoms with Crippen molar-refractivity contribution in [2.75, 3.05) is 7.11 Å². The zero-order valence-corrected chi connectivity index (χ0v) is 22.0. The smallest absolute Gasteiger partial charge is 0.328 e. The molecule has 6 aromatic rings. The Labute approximate surface area is 224 Å². The number of aromatic nitrogens is 3. The summed E-state index contributed by atoms with van der Waals surface area (Å²) in [6.45, 7) is 1.77. The fourth-order valence-electron chi connectivity index (χ4n) is 4.57. The summed E-state index contributed by atoms with van der Waals surface area (Å²) in [4.78, 5) is 30.6. The Bertz CT molecular complexity index is 1950. The zero-order chi connectivity index (χ0) is 26.4. The Balaban J connectivity index is 1.54. The first-order valence-electron chi connectivity index (χ1n) is 11.9. The highest BCUT2D eigenvalue weighted by molar-refractivity contribution is 9.10. The van der Waals surface area contributed by atoms with Crippen LogP contribution in [-0.2, 0) is 9.53 Å². The van der Waals surface area contributed by atoms with Gasteiger partial charge in [-0.05, 0) is 49.4 Å². The maximum Gasteiger partial charge on any atom is 0.328 e. The van der Waals surface area contributed by atoms with Crippen LogP contribution in [0.25, 0.3) is 44.4 Å². The highest BCUT2D eigenvalue weighted by atomic mass is 79.9. The molecule has 3 aromatic carbocycles. The van der Waals surface area contributed by atoms with Gasteiger partial charge in [-0.15, -0.1) is 0 Å². The van der Waals surface area contributed by atoms with Crippen LogP contribution in [0.4, 0.5) is 0 Å². The number of methoxy groups -OCH3 is 1. The number of carbonyl (C=O) groups is 1. The van der Waals surface area contributed by atoms with Crippen LogP contribution in [0.2, 0.25) is 0 Å². The fourth-order valence-corrected chi connectivity index (χ4v) is 4.95. The van der Waals surface area contributed by atoms with Crippen LogP contribution in [0.3, 0.4) is 0 Å². The SMILES string of the molecule is COC(=O)[C@@H](C)n1cc(C=Nn2c(-c3cc4cc(Br)ccc4o3)nc3ccccc3c2=O)c2ccccc21. The summed E-state index contributed by atoms with van der Waals surface area (Å²) in [6.07, 6.45) is 3.43. The molecule has 188 valence electrons. The van der Waals surface area contributed by atoms with Crippen LogP contribution in [0.1, 0.15) is 18.5 Å². The summed E-state index contributed by atoms with van der Waals surface area (Å²) < 4.78 is 15.0. The predicted molar refractivity (Wildman–Crippen MR) is 151 cm³/mol. The van der Waals surface area contributed by atoms with Crippen molar-refractivity contribution in [2.24, 2.45) is 5.10 Å². The molecule has 0 unspecified atom stereocenters. The number of esters is 1. The van der Waals surface area contributed by atoms with Crippen molar-refractivity contribution in [2.45, 2.75) is 13.0 Å². The third-order valence-corrected chi connectivity index (χ3v) is 6.99. The number of ether oxygens (including phenoxy) is 1. The molecule has 8 nitrogen and oxygen atoms in total. The molecular weight excluding hydrogens is 548 g/mol. The van der Waals surface area contributed by atoms with Gasteiger partial charge in [0.15, 0.2) is 5.76 Å². The summed E-state index contributed by atoms with van der Waals surface area (Å²) >= 11 is 3.49. The van der Waals surface area contributed by atoms with E-state index in [1.54, 1.807) is 31.3 Å². The van der Waals surface area contributed by atoms with E-state index in [0.29, 0.717) is 22.2 Å². The Morgan fingerprint density at radius 3 is 2.66 bits per heavy atom. The molecule has 0 aliphatic carbocycles.